The number of thioether (sulfide) groups is 2. The van der Waals surface area contributed by atoms with Gasteiger partial charge in [-0.25, -0.2) is 4.68 Å². The maximum absolute atomic E-state index is 12.9. The summed E-state index contributed by atoms with van der Waals surface area (Å²) in [5.74, 6) is 6.21. The summed E-state index contributed by atoms with van der Waals surface area (Å²) in [7, 11) is 0. The largest absolute Gasteiger partial charge is 0.343 e. The molecular weight excluding hydrogens is 456 g/mol. The fraction of sp³-hybridized carbons (Fsp3) is 0.304. The van der Waals surface area contributed by atoms with Gasteiger partial charge in [-0.1, -0.05) is 72.1 Å². The minimum absolute atomic E-state index is 0.0204. The Bertz CT molecular complexity index is 1090. The van der Waals surface area contributed by atoms with Crippen molar-refractivity contribution >= 4 is 41.0 Å². The Kier molecular flexibility index (Phi) is 8.79. The summed E-state index contributed by atoms with van der Waals surface area (Å²) in [6.07, 6.45) is 0. The number of nitrogens with zero attached hydrogens (tertiary/aromatic N) is 4. The molecule has 1 heterocycles. The Morgan fingerprint density at radius 2 is 1.67 bits per heavy atom. The van der Waals surface area contributed by atoms with Crippen molar-refractivity contribution in [3.05, 3.63) is 54.6 Å². The molecule has 0 fully saturated rings. The van der Waals surface area contributed by atoms with Crippen LogP contribution in [0.25, 0.3) is 11.1 Å². The van der Waals surface area contributed by atoms with Gasteiger partial charge >= 0.3 is 0 Å². The molecule has 0 aliphatic rings. The lowest BCUT2D eigenvalue weighted by atomic mass is 10.0. The van der Waals surface area contributed by atoms with Crippen molar-refractivity contribution in [3.63, 3.8) is 0 Å². The van der Waals surface area contributed by atoms with Crippen LogP contribution in [0.5, 0.6) is 0 Å². The molecular formula is C23H28N6O2S2. The summed E-state index contributed by atoms with van der Waals surface area (Å²) in [4.78, 5) is 26.9. The van der Waals surface area contributed by atoms with Gasteiger partial charge in [-0.3, -0.25) is 9.59 Å². The van der Waals surface area contributed by atoms with E-state index in [4.69, 9.17) is 5.84 Å². The number of nitrogen functional groups attached to an aromatic ring is 1. The molecule has 174 valence electrons. The van der Waals surface area contributed by atoms with Crippen LogP contribution in [0.2, 0.25) is 0 Å². The molecule has 0 bridgehead atoms. The molecule has 10 heteroatoms. The SMILES string of the molecule is CCN(CC)C(=O)CSc1nnc(SC(C)C(=O)Nc2ccccc2-c2ccccc2)n1N. The molecule has 8 nitrogen and oxygen atoms in total. The van der Waals surface area contributed by atoms with E-state index in [2.05, 4.69) is 15.5 Å². The van der Waals surface area contributed by atoms with Gasteiger partial charge in [0.25, 0.3) is 0 Å². The molecule has 3 rings (SSSR count). The predicted octanol–water partition coefficient (Wildman–Crippen LogP) is 3.74. The van der Waals surface area contributed by atoms with Crippen LogP contribution >= 0.6 is 23.5 Å². The summed E-state index contributed by atoms with van der Waals surface area (Å²) >= 11 is 2.45. The van der Waals surface area contributed by atoms with Crippen LogP contribution in [0.3, 0.4) is 0 Å². The molecule has 0 aliphatic heterocycles. The zero-order valence-electron chi connectivity index (χ0n) is 18.9. The monoisotopic (exact) mass is 484 g/mol. The van der Waals surface area contributed by atoms with Crippen LogP contribution in [0.4, 0.5) is 5.69 Å². The van der Waals surface area contributed by atoms with E-state index in [0.717, 1.165) is 16.8 Å². The molecule has 33 heavy (non-hydrogen) atoms. The van der Waals surface area contributed by atoms with Crippen molar-refractivity contribution in [3.8, 4) is 11.1 Å². The van der Waals surface area contributed by atoms with Crippen molar-refractivity contribution in [2.45, 2.75) is 36.3 Å². The van der Waals surface area contributed by atoms with Gasteiger partial charge in [-0.15, -0.1) is 10.2 Å². The van der Waals surface area contributed by atoms with E-state index < -0.39 is 5.25 Å². The third-order valence-corrected chi connectivity index (χ3v) is 6.98. The van der Waals surface area contributed by atoms with Gasteiger partial charge in [-0.2, -0.15) is 0 Å². The number of carbonyl (C=O) groups is 2. The van der Waals surface area contributed by atoms with Gasteiger partial charge in [0.05, 0.1) is 11.0 Å². The molecule has 0 radical (unpaired) electrons. The molecule has 0 spiro atoms. The average Bonchev–Trinajstić information content (AvgIpc) is 3.18. The van der Waals surface area contributed by atoms with Gasteiger partial charge in [0.15, 0.2) is 0 Å². The summed E-state index contributed by atoms with van der Waals surface area (Å²) in [5, 5.41) is 11.6. The smallest absolute Gasteiger partial charge is 0.237 e. The first-order valence-corrected chi connectivity index (χ1v) is 12.5. The lowest BCUT2D eigenvalue weighted by molar-refractivity contribution is -0.128. The molecule has 1 unspecified atom stereocenters. The van der Waals surface area contributed by atoms with Gasteiger partial charge < -0.3 is 16.1 Å². The summed E-state index contributed by atoms with van der Waals surface area (Å²) in [6.45, 7) is 6.99. The van der Waals surface area contributed by atoms with Crippen molar-refractivity contribution in [1.82, 2.24) is 19.8 Å². The van der Waals surface area contributed by atoms with E-state index in [9.17, 15) is 9.59 Å². The van der Waals surface area contributed by atoms with E-state index in [1.165, 1.54) is 28.2 Å². The van der Waals surface area contributed by atoms with E-state index in [1.54, 1.807) is 11.8 Å². The molecule has 0 saturated heterocycles. The summed E-state index contributed by atoms with van der Waals surface area (Å²) in [6, 6.07) is 17.6. The first-order valence-electron chi connectivity index (χ1n) is 10.7. The maximum Gasteiger partial charge on any atom is 0.237 e. The van der Waals surface area contributed by atoms with Crippen LogP contribution in [0.15, 0.2) is 64.9 Å². The highest BCUT2D eigenvalue weighted by Gasteiger charge is 2.21. The first kappa shape index (κ1) is 24.7. The lowest BCUT2D eigenvalue weighted by Gasteiger charge is -2.17. The predicted molar refractivity (Wildman–Crippen MR) is 135 cm³/mol. The Labute approximate surface area is 202 Å². The van der Waals surface area contributed by atoms with Crippen LogP contribution in [0, 0.1) is 0 Å². The van der Waals surface area contributed by atoms with Crippen molar-refractivity contribution in [2.24, 2.45) is 0 Å². The topological polar surface area (TPSA) is 106 Å². The number of nitrogens with one attached hydrogen (secondary N) is 1. The fourth-order valence-corrected chi connectivity index (χ4v) is 4.73. The van der Waals surface area contributed by atoms with E-state index in [1.807, 2.05) is 68.4 Å². The van der Waals surface area contributed by atoms with Gasteiger partial charge in [0.2, 0.25) is 22.1 Å². The second kappa shape index (κ2) is 11.8. The summed E-state index contributed by atoms with van der Waals surface area (Å²) in [5.41, 5.74) is 2.71. The number of hydrogen-bond acceptors (Lipinski definition) is 7. The highest BCUT2D eigenvalue weighted by atomic mass is 32.2. The van der Waals surface area contributed by atoms with Crippen LogP contribution in [-0.4, -0.2) is 55.7 Å². The molecule has 1 atom stereocenters. The highest BCUT2D eigenvalue weighted by molar-refractivity contribution is 8.00. The number of nitrogens with two attached hydrogens (primary N) is 1. The third kappa shape index (κ3) is 6.29. The maximum atomic E-state index is 12.9. The van der Waals surface area contributed by atoms with Crippen LogP contribution in [-0.2, 0) is 9.59 Å². The summed E-state index contributed by atoms with van der Waals surface area (Å²) < 4.78 is 1.33. The minimum Gasteiger partial charge on any atom is -0.343 e. The second-order valence-corrected chi connectivity index (χ2v) is 9.40. The fourth-order valence-electron chi connectivity index (χ4n) is 3.14. The molecule has 1 aromatic heterocycles. The number of anilines is 1. The Morgan fingerprint density at radius 1 is 1.03 bits per heavy atom. The van der Waals surface area contributed by atoms with Crippen molar-refractivity contribution in [2.75, 3.05) is 30.0 Å². The van der Waals surface area contributed by atoms with Gasteiger partial charge in [-0.05, 0) is 32.4 Å². The van der Waals surface area contributed by atoms with Crippen LogP contribution in [0.1, 0.15) is 20.8 Å². The highest BCUT2D eigenvalue weighted by Crippen LogP contribution is 2.29. The number of para-hydroxylation sites is 1. The second-order valence-electron chi connectivity index (χ2n) is 7.15. The van der Waals surface area contributed by atoms with E-state index >= 15 is 0 Å². The standard InChI is InChI=1S/C23H28N6O2S2/c1-4-28(5-2)20(30)15-32-22-26-27-23(29(22)24)33-16(3)21(31)25-19-14-10-9-13-18(19)17-11-7-6-8-12-17/h6-14,16H,4-5,15,24H2,1-3H3,(H,25,31). The van der Waals surface area contributed by atoms with Crippen molar-refractivity contribution in [1.29, 1.82) is 0 Å². The zero-order chi connectivity index (χ0) is 23.8. The van der Waals surface area contributed by atoms with Crippen LogP contribution < -0.4 is 11.2 Å². The Hall–Kier alpha value is -2.98. The molecule has 3 aromatic rings. The number of hydrogen-bond donors (Lipinski definition) is 2. The third-order valence-electron chi connectivity index (χ3n) is 5.00. The molecule has 0 aliphatic carbocycles. The van der Waals surface area contributed by atoms with Gasteiger partial charge in [0, 0.05) is 24.3 Å². The molecule has 2 amide bonds. The van der Waals surface area contributed by atoms with E-state index in [-0.39, 0.29) is 17.6 Å². The molecule has 3 N–H and O–H groups in total. The molecule has 2 aromatic carbocycles. The normalized spacial score (nSPS) is 11.7. The lowest BCUT2D eigenvalue weighted by Crippen LogP contribution is -2.32. The number of benzene rings is 2. The van der Waals surface area contributed by atoms with E-state index in [0.29, 0.717) is 23.4 Å². The quantitative estimate of drug-likeness (QED) is 0.333. The zero-order valence-corrected chi connectivity index (χ0v) is 20.5. The number of rotatable bonds is 10. The number of carbonyl (C=O) groups excluding carboxylic acids is 2. The minimum atomic E-state index is -0.463. The number of amides is 2. The average molecular weight is 485 g/mol. The number of aromatic nitrogens is 3. The van der Waals surface area contributed by atoms with Gasteiger partial charge in [0.1, 0.15) is 0 Å². The first-order chi connectivity index (χ1) is 15.9. The molecule has 0 saturated carbocycles. The Balaban J connectivity index is 1.63. The Morgan fingerprint density at radius 3 is 2.36 bits per heavy atom. The van der Waals surface area contributed by atoms with Crippen molar-refractivity contribution < 1.29 is 9.59 Å².